The van der Waals surface area contributed by atoms with Crippen molar-refractivity contribution < 1.29 is 4.79 Å². The van der Waals surface area contributed by atoms with E-state index in [4.69, 9.17) is 11.6 Å². The molecule has 148 valence electrons. The predicted octanol–water partition coefficient (Wildman–Crippen LogP) is 2.27. The Bertz CT molecular complexity index is 1050. The van der Waals surface area contributed by atoms with Crippen LogP contribution in [0.2, 0.25) is 5.02 Å². The van der Waals surface area contributed by atoms with Crippen LogP contribution < -0.4 is 15.1 Å². The Kier molecular flexibility index (Phi) is 4.44. The molecule has 9 heteroatoms. The van der Waals surface area contributed by atoms with Gasteiger partial charge in [0.15, 0.2) is 11.5 Å². The van der Waals surface area contributed by atoms with E-state index in [1.165, 1.54) is 0 Å². The van der Waals surface area contributed by atoms with Gasteiger partial charge in [0.1, 0.15) is 5.82 Å². The van der Waals surface area contributed by atoms with Gasteiger partial charge in [-0.15, -0.1) is 0 Å². The van der Waals surface area contributed by atoms with Gasteiger partial charge in [0.05, 0.1) is 23.5 Å². The zero-order valence-electron chi connectivity index (χ0n) is 15.9. The van der Waals surface area contributed by atoms with E-state index in [0.29, 0.717) is 29.1 Å². The molecule has 1 amide bonds. The number of nitrogens with zero attached hydrogens (tertiary/aromatic N) is 6. The highest BCUT2D eigenvalue weighted by Gasteiger charge is 2.33. The molecular weight excluding hydrogens is 390 g/mol. The summed E-state index contributed by atoms with van der Waals surface area (Å²) in [6, 6.07) is 7.95. The molecule has 0 bridgehead atoms. The van der Waals surface area contributed by atoms with Crippen LogP contribution in [0.5, 0.6) is 0 Å². The second kappa shape index (κ2) is 7.13. The first-order chi connectivity index (χ1) is 14.1. The molecule has 5 heterocycles. The van der Waals surface area contributed by atoms with E-state index in [9.17, 15) is 4.79 Å². The van der Waals surface area contributed by atoms with E-state index in [-0.39, 0.29) is 5.91 Å². The second-order valence-electron chi connectivity index (χ2n) is 7.27. The molecule has 1 fully saturated rings. The standard InChI is InChI=1S/C20H20ClN7O/c1-22-15-6-7-26(12-15)17-5-3-16(9-24-17)27-10-13-11-28(25-19(13)20(27)29)18-4-2-14(21)8-23-18/h2-5,8-9,11,15,22H,6-7,10,12H2,1H3. The minimum absolute atomic E-state index is 0.126. The Balaban J connectivity index is 1.33. The molecule has 2 aliphatic heterocycles. The Labute approximate surface area is 173 Å². The van der Waals surface area contributed by atoms with E-state index < -0.39 is 0 Å². The zero-order chi connectivity index (χ0) is 20.0. The topological polar surface area (TPSA) is 79.2 Å². The van der Waals surface area contributed by atoms with E-state index in [0.717, 1.165) is 36.6 Å². The lowest BCUT2D eigenvalue weighted by Gasteiger charge is -2.20. The maximum atomic E-state index is 12.9. The molecule has 1 N–H and O–H groups in total. The van der Waals surface area contributed by atoms with Crippen LogP contribution in [0.15, 0.2) is 42.9 Å². The first-order valence-electron chi connectivity index (χ1n) is 9.53. The normalized spacial score (nSPS) is 18.6. The third kappa shape index (κ3) is 3.24. The number of nitrogens with one attached hydrogen (secondary N) is 1. The van der Waals surface area contributed by atoms with Gasteiger partial charge < -0.3 is 15.1 Å². The van der Waals surface area contributed by atoms with Gasteiger partial charge in [-0.1, -0.05) is 11.6 Å². The molecule has 1 unspecified atom stereocenters. The number of fused-ring (bicyclic) bond motifs is 1. The fourth-order valence-corrected chi connectivity index (χ4v) is 3.95. The molecule has 0 aromatic carbocycles. The van der Waals surface area contributed by atoms with Gasteiger partial charge in [-0.2, -0.15) is 5.10 Å². The summed E-state index contributed by atoms with van der Waals surface area (Å²) >= 11 is 5.89. The number of rotatable bonds is 4. The Morgan fingerprint density at radius 2 is 1.97 bits per heavy atom. The van der Waals surface area contributed by atoms with Crippen molar-refractivity contribution in [1.29, 1.82) is 0 Å². The predicted molar refractivity (Wildman–Crippen MR) is 111 cm³/mol. The second-order valence-corrected chi connectivity index (χ2v) is 7.70. The third-order valence-electron chi connectivity index (χ3n) is 5.48. The number of carbonyl (C=O) groups is 1. The van der Waals surface area contributed by atoms with Crippen LogP contribution in [0, 0.1) is 0 Å². The van der Waals surface area contributed by atoms with Crippen LogP contribution in [-0.2, 0) is 6.54 Å². The smallest absolute Gasteiger partial charge is 0.279 e. The Morgan fingerprint density at radius 1 is 1.14 bits per heavy atom. The van der Waals surface area contributed by atoms with Crippen LogP contribution >= 0.6 is 11.6 Å². The van der Waals surface area contributed by atoms with Gasteiger partial charge in [0, 0.05) is 37.1 Å². The van der Waals surface area contributed by atoms with Crippen LogP contribution in [0.1, 0.15) is 22.5 Å². The SMILES string of the molecule is CNC1CCN(c2ccc(N3Cc4cn(-c5ccc(Cl)cn5)nc4C3=O)cn2)C1. The summed E-state index contributed by atoms with van der Waals surface area (Å²) in [7, 11) is 1.99. The quantitative estimate of drug-likeness (QED) is 0.712. The third-order valence-corrected chi connectivity index (χ3v) is 5.70. The first kappa shape index (κ1) is 18.1. The maximum Gasteiger partial charge on any atom is 0.279 e. The highest BCUT2D eigenvalue weighted by atomic mass is 35.5. The summed E-state index contributed by atoms with van der Waals surface area (Å²) in [4.78, 5) is 25.7. The molecule has 0 aliphatic carbocycles. The number of likely N-dealkylation sites (N-methyl/N-ethyl adjacent to an activating group) is 1. The number of anilines is 2. The van der Waals surface area contributed by atoms with Crippen molar-refractivity contribution in [3.05, 3.63) is 59.1 Å². The van der Waals surface area contributed by atoms with Crippen molar-refractivity contribution in [2.24, 2.45) is 0 Å². The average Bonchev–Trinajstić information content (AvgIpc) is 3.45. The van der Waals surface area contributed by atoms with Gasteiger partial charge in [-0.25, -0.2) is 14.6 Å². The van der Waals surface area contributed by atoms with Crippen LogP contribution in [0.3, 0.4) is 0 Å². The number of amides is 1. The Morgan fingerprint density at radius 3 is 2.62 bits per heavy atom. The van der Waals surface area contributed by atoms with Gasteiger partial charge in [-0.05, 0) is 37.7 Å². The fraction of sp³-hybridized carbons (Fsp3) is 0.300. The van der Waals surface area contributed by atoms with Crippen molar-refractivity contribution in [1.82, 2.24) is 25.1 Å². The van der Waals surface area contributed by atoms with E-state index in [1.54, 1.807) is 34.1 Å². The molecule has 0 saturated carbocycles. The minimum Gasteiger partial charge on any atom is -0.355 e. The van der Waals surface area contributed by atoms with E-state index in [1.807, 2.05) is 25.4 Å². The monoisotopic (exact) mass is 409 g/mol. The zero-order valence-corrected chi connectivity index (χ0v) is 16.7. The van der Waals surface area contributed by atoms with Crippen molar-refractivity contribution in [2.75, 3.05) is 29.9 Å². The molecule has 29 heavy (non-hydrogen) atoms. The summed E-state index contributed by atoms with van der Waals surface area (Å²) in [5.74, 6) is 1.44. The van der Waals surface area contributed by atoms with Crippen LogP contribution in [-0.4, -0.2) is 51.8 Å². The largest absolute Gasteiger partial charge is 0.355 e. The number of hydrogen-bond acceptors (Lipinski definition) is 6. The lowest BCUT2D eigenvalue weighted by molar-refractivity contribution is 0.0991. The number of hydrogen-bond donors (Lipinski definition) is 1. The molecule has 3 aromatic heterocycles. The van der Waals surface area contributed by atoms with Crippen LogP contribution in [0.4, 0.5) is 11.5 Å². The average molecular weight is 410 g/mol. The minimum atomic E-state index is -0.126. The molecule has 1 atom stereocenters. The highest BCUT2D eigenvalue weighted by Crippen LogP contribution is 2.29. The van der Waals surface area contributed by atoms with E-state index in [2.05, 4.69) is 25.3 Å². The summed E-state index contributed by atoms with van der Waals surface area (Å²) in [6.07, 6.45) is 6.27. The maximum absolute atomic E-state index is 12.9. The van der Waals surface area contributed by atoms with Crippen molar-refractivity contribution in [3.63, 3.8) is 0 Å². The lowest BCUT2D eigenvalue weighted by Crippen LogP contribution is -2.30. The van der Waals surface area contributed by atoms with Crippen molar-refractivity contribution >= 4 is 29.0 Å². The summed E-state index contributed by atoms with van der Waals surface area (Å²) < 4.78 is 1.61. The lowest BCUT2D eigenvalue weighted by atomic mass is 10.3. The molecule has 8 nitrogen and oxygen atoms in total. The highest BCUT2D eigenvalue weighted by molar-refractivity contribution is 6.30. The number of aromatic nitrogens is 4. The van der Waals surface area contributed by atoms with Crippen molar-refractivity contribution in [3.8, 4) is 5.82 Å². The molecule has 0 radical (unpaired) electrons. The van der Waals surface area contributed by atoms with Gasteiger partial charge >= 0.3 is 0 Å². The molecule has 0 spiro atoms. The summed E-state index contributed by atoms with van der Waals surface area (Å²) in [6.45, 7) is 2.40. The number of carbonyl (C=O) groups excluding carboxylic acids is 1. The number of pyridine rings is 2. The molecular formula is C20H20ClN7O. The van der Waals surface area contributed by atoms with Gasteiger partial charge in [0.25, 0.3) is 5.91 Å². The number of halogens is 1. The van der Waals surface area contributed by atoms with Crippen LogP contribution in [0.25, 0.3) is 5.82 Å². The van der Waals surface area contributed by atoms with Gasteiger partial charge in [-0.3, -0.25) is 4.79 Å². The molecule has 2 aliphatic rings. The molecule has 5 rings (SSSR count). The first-order valence-corrected chi connectivity index (χ1v) is 9.91. The van der Waals surface area contributed by atoms with Gasteiger partial charge in [0.2, 0.25) is 0 Å². The fourth-order valence-electron chi connectivity index (χ4n) is 3.83. The Hall–Kier alpha value is -2.97. The van der Waals surface area contributed by atoms with E-state index >= 15 is 0 Å². The van der Waals surface area contributed by atoms with Crippen molar-refractivity contribution in [2.45, 2.75) is 19.0 Å². The molecule has 1 saturated heterocycles. The summed E-state index contributed by atoms with van der Waals surface area (Å²) in [5, 5.41) is 8.30. The molecule has 3 aromatic rings. The summed E-state index contributed by atoms with van der Waals surface area (Å²) in [5.41, 5.74) is 2.09.